The lowest BCUT2D eigenvalue weighted by molar-refractivity contribution is 0.0474. The first kappa shape index (κ1) is 19.1. The maximum Gasteiger partial charge on any atom is 0.161 e. The molecule has 2 N–H and O–H groups in total. The van der Waals surface area contributed by atoms with Gasteiger partial charge < -0.3 is 20.1 Å². The van der Waals surface area contributed by atoms with E-state index in [1.165, 1.54) is 29.8 Å². The van der Waals surface area contributed by atoms with E-state index in [1.54, 1.807) is 11.8 Å². The van der Waals surface area contributed by atoms with Gasteiger partial charge in [-0.1, -0.05) is 36.0 Å². The molecule has 5 rings (SSSR count). The Labute approximate surface area is 177 Å². The summed E-state index contributed by atoms with van der Waals surface area (Å²) in [6, 6.07) is 16.5. The van der Waals surface area contributed by atoms with Gasteiger partial charge in [-0.2, -0.15) is 0 Å². The van der Waals surface area contributed by atoms with Crippen molar-refractivity contribution >= 4 is 17.4 Å². The molecule has 29 heavy (non-hydrogen) atoms. The molecule has 2 aromatic carbocycles. The van der Waals surface area contributed by atoms with Crippen LogP contribution in [0.2, 0.25) is 0 Å². The number of benzene rings is 2. The van der Waals surface area contributed by atoms with Gasteiger partial charge in [-0.15, -0.1) is 0 Å². The summed E-state index contributed by atoms with van der Waals surface area (Å²) in [5, 5.41) is 0. The number of hydrogen-bond donors (Lipinski definition) is 1. The summed E-state index contributed by atoms with van der Waals surface area (Å²) in [7, 11) is 0. The standard InChI is InChI=1S/C23H29N3O2S/c24-23-26(19-5-1-4-8-22(19)29-23)14-11-17-9-12-25(13-10-17)15-18-16-27-20-6-2-3-7-21(20)28-18/h1-8,17-18,23H,9-16,24H2. The van der Waals surface area contributed by atoms with Crippen LogP contribution in [0.5, 0.6) is 11.5 Å². The van der Waals surface area contributed by atoms with Crippen molar-refractivity contribution in [3.05, 3.63) is 48.5 Å². The summed E-state index contributed by atoms with van der Waals surface area (Å²) < 4.78 is 12.0. The second-order valence-electron chi connectivity index (χ2n) is 8.20. The van der Waals surface area contributed by atoms with E-state index >= 15 is 0 Å². The molecule has 5 nitrogen and oxygen atoms in total. The molecule has 0 amide bonds. The van der Waals surface area contributed by atoms with Gasteiger partial charge in [0.1, 0.15) is 18.2 Å². The quantitative estimate of drug-likeness (QED) is 0.808. The number of anilines is 1. The molecular weight excluding hydrogens is 382 g/mol. The average molecular weight is 412 g/mol. The van der Waals surface area contributed by atoms with Crippen molar-refractivity contribution in [2.75, 3.05) is 37.7 Å². The van der Waals surface area contributed by atoms with Crippen molar-refractivity contribution in [1.29, 1.82) is 0 Å². The topological polar surface area (TPSA) is 51.0 Å². The zero-order valence-electron chi connectivity index (χ0n) is 16.7. The minimum atomic E-state index is 0.0545. The average Bonchev–Trinajstić information content (AvgIpc) is 3.08. The van der Waals surface area contributed by atoms with E-state index in [-0.39, 0.29) is 11.6 Å². The maximum absolute atomic E-state index is 6.36. The van der Waals surface area contributed by atoms with Crippen LogP contribution in [0.15, 0.2) is 53.4 Å². The molecule has 0 aliphatic carbocycles. The molecule has 3 aliphatic heterocycles. The smallest absolute Gasteiger partial charge is 0.161 e. The fourth-order valence-electron chi connectivity index (χ4n) is 4.59. The Bertz CT molecular complexity index is 840. The fraction of sp³-hybridized carbons (Fsp3) is 0.478. The number of hydrogen-bond acceptors (Lipinski definition) is 6. The summed E-state index contributed by atoms with van der Waals surface area (Å²) in [6.07, 6.45) is 3.84. The maximum atomic E-state index is 6.36. The minimum absolute atomic E-state index is 0.0545. The number of para-hydroxylation sites is 3. The van der Waals surface area contributed by atoms with E-state index in [4.69, 9.17) is 15.2 Å². The molecule has 0 radical (unpaired) electrons. The van der Waals surface area contributed by atoms with E-state index in [0.29, 0.717) is 6.61 Å². The van der Waals surface area contributed by atoms with Crippen molar-refractivity contribution in [3.8, 4) is 11.5 Å². The number of ether oxygens (including phenoxy) is 2. The highest BCUT2D eigenvalue weighted by atomic mass is 32.2. The third kappa shape index (κ3) is 4.20. The molecule has 3 heterocycles. The Morgan fingerprint density at radius 2 is 1.76 bits per heavy atom. The lowest BCUT2D eigenvalue weighted by Crippen LogP contribution is -2.44. The molecule has 0 aromatic heterocycles. The first-order valence-electron chi connectivity index (χ1n) is 10.6. The van der Waals surface area contributed by atoms with E-state index in [0.717, 1.165) is 43.6 Å². The summed E-state index contributed by atoms with van der Waals surface area (Å²) >= 11 is 1.77. The Morgan fingerprint density at radius 1 is 1.00 bits per heavy atom. The van der Waals surface area contributed by atoms with E-state index in [2.05, 4.69) is 34.1 Å². The van der Waals surface area contributed by atoms with Crippen LogP contribution in [0.3, 0.4) is 0 Å². The van der Waals surface area contributed by atoms with Gasteiger partial charge in [-0.05, 0) is 62.5 Å². The van der Waals surface area contributed by atoms with Crippen LogP contribution >= 0.6 is 11.8 Å². The predicted molar refractivity (Wildman–Crippen MR) is 118 cm³/mol. The molecule has 0 bridgehead atoms. The Kier molecular flexibility index (Phi) is 5.57. The molecule has 2 aromatic rings. The van der Waals surface area contributed by atoms with Crippen LogP contribution in [0.4, 0.5) is 5.69 Å². The van der Waals surface area contributed by atoms with Gasteiger partial charge in [0.15, 0.2) is 11.5 Å². The van der Waals surface area contributed by atoms with Gasteiger partial charge in [0, 0.05) is 18.0 Å². The van der Waals surface area contributed by atoms with Crippen LogP contribution in [-0.2, 0) is 0 Å². The monoisotopic (exact) mass is 411 g/mol. The third-order valence-corrected chi connectivity index (χ3v) is 7.34. The van der Waals surface area contributed by atoms with Gasteiger partial charge in [-0.3, -0.25) is 4.90 Å². The molecule has 3 aliphatic rings. The highest BCUT2D eigenvalue weighted by Crippen LogP contribution is 2.41. The molecule has 2 unspecified atom stereocenters. The Morgan fingerprint density at radius 3 is 2.62 bits per heavy atom. The lowest BCUT2D eigenvalue weighted by Gasteiger charge is -2.36. The fourth-order valence-corrected chi connectivity index (χ4v) is 5.66. The Balaban J connectivity index is 1.08. The lowest BCUT2D eigenvalue weighted by atomic mass is 9.93. The highest BCUT2D eigenvalue weighted by molar-refractivity contribution is 8.00. The molecule has 0 spiro atoms. The summed E-state index contributed by atoms with van der Waals surface area (Å²) in [4.78, 5) is 6.22. The first-order chi connectivity index (χ1) is 14.3. The normalized spacial score (nSPS) is 24.5. The van der Waals surface area contributed by atoms with Crippen molar-refractivity contribution in [1.82, 2.24) is 4.90 Å². The predicted octanol–water partition coefficient (Wildman–Crippen LogP) is 3.78. The second kappa shape index (κ2) is 8.46. The van der Waals surface area contributed by atoms with Crippen LogP contribution in [0.25, 0.3) is 0 Å². The van der Waals surface area contributed by atoms with Gasteiger partial charge in [-0.25, -0.2) is 0 Å². The third-order valence-electron chi connectivity index (χ3n) is 6.24. The van der Waals surface area contributed by atoms with Crippen molar-refractivity contribution in [3.63, 3.8) is 0 Å². The summed E-state index contributed by atoms with van der Waals surface area (Å²) in [6.45, 7) is 4.92. The molecule has 1 fully saturated rings. The summed E-state index contributed by atoms with van der Waals surface area (Å²) in [5.74, 6) is 2.52. The van der Waals surface area contributed by atoms with Gasteiger partial charge >= 0.3 is 0 Å². The van der Waals surface area contributed by atoms with Crippen LogP contribution in [-0.4, -0.2) is 49.3 Å². The first-order valence-corrected chi connectivity index (χ1v) is 11.5. The van der Waals surface area contributed by atoms with Crippen LogP contribution in [0.1, 0.15) is 19.3 Å². The molecule has 154 valence electrons. The molecule has 0 saturated carbocycles. The number of thioether (sulfide) groups is 1. The van der Waals surface area contributed by atoms with Crippen molar-refractivity contribution < 1.29 is 9.47 Å². The van der Waals surface area contributed by atoms with Gasteiger partial charge in [0.2, 0.25) is 0 Å². The number of rotatable bonds is 5. The van der Waals surface area contributed by atoms with Crippen molar-refractivity contribution in [2.45, 2.75) is 35.8 Å². The molecule has 2 atom stereocenters. The van der Waals surface area contributed by atoms with Gasteiger partial charge in [0.05, 0.1) is 5.69 Å². The van der Waals surface area contributed by atoms with E-state index < -0.39 is 0 Å². The number of likely N-dealkylation sites (tertiary alicyclic amines) is 1. The number of fused-ring (bicyclic) bond motifs is 2. The zero-order valence-corrected chi connectivity index (χ0v) is 17.5. The minimum Gasteiger partial charge on any atom is -0.486 e. The van der Waals surface area contributed by atoms with Crippen molar-refractivity contribution in [2.24, 2.45) is 11.7 Å². The largest absolute Gasteiger partial charge is 0.486 e. The summed E-state index contributed by atoms with van der Waals surface area (Å²) in [5.41, 5.74) is 7.72. The highest BCUT2D eigenvalue weighted by Gasteiger charge is 2.29. The number of nitrogens with zero attached hydrogens (tertiary/aromatic N) is 2. The number of nitrogens with two attached hydrogens (primary N) is 1. The molecule has 6 heteroatoms. The second-order valence-corrected chi connectivity index (χ2v) is 9.36. The van der Waals surface area contributed by atoms with Crippen LogP contribution in [0, 0.1) is 5.92 Å². The zero-order chi connectivity index (χ0) is 19.6. The SMILES string of the molecule is NC1Sc2ccccc2N1CCC1CCN(CC2COc3ccccc3O2)CC1. The molecular formula is C23H29N3O2S. The Hall–Kier alpha value is -1.89. The number of piperidine rings is 1. The van der Waals surface area contributed by atoms with Crippen LogP contribution < -0.4 is 20.1 Å². The van der Waals surface area contributed by atoms with E-state index in [9.17, 15) is 0 Å². The van der Waals surface area contributed by atoms with E-state index in [1.807, 2.05) is 24.3 Å². The van der Waals surface area contributed by atoms with Gasteiger partial charge in [0.25, 0.3) is 0 Å². The molecule has 1 saturated heterocycles.